The molecular weight excluding hydrogens is 419 g/mol. The van der Waals surface area contributed by atoms with Gasteiger partial charge in [0.05, 0.1) is 18.0 Å². The molecule has 0 aliphatic carbocycles. The predicted molar refractivity (Wildman–Crippen MR) is 117 cm³/mol. The third-order valence-electron chi connectivity index (χ3n) is 4.87. The molecule has 0 heterocycles. The van der Waals surface area contributed by atoms with Gasteiger partial charge < -0.3 is 10.1 Å². The molecule has 0 bridgehead atoms. The van der Waals surface area contributed by atoms with Crippen LogP contribution in [0.4, 0.5) is 10.1 Å². The number of carbonyl (C=O) groups excluding carboxylic acids is 1. The molecule has 3 aromatic rings. The first kappa shape index (κ1) is 22.5. The fourth-order valence-electron chi connectivity index (χ4n) is 3.13. The van der Waals surface area contributed by atoms with E-state index in [-0.39, 0.29) is 11.3 Å². The van der Waals surface area contributed by atoms with E-state index < -0.39 is 27.8 Å². The third kappa shape index (κ3) is 5.48. The molecule has 3 aromatic carbocycles. The van der Waals surface area contributed by atoms with Crippen LogP contribution in [0.15, 0.2) is 83.8 Å². The summed E-state index contributed by atoms with van der Waals surface area (Å²) in [5.74, 6) is -0.197. The van der Waals surface area contributed by atoms with Gasteiger partial charge in [0.15, 0.2) is 0 Å². The molecule has 1 amide bonds. The van der Waals surface area contributed by atoms with Gasteiger partial charge in [-0.3, -0.25) is 4.79 Å². The molecule has 6 nitrogen and oxygen atoms in total. The van der Waals surface area contributed by atoms with Crippen molar-refractivity contribution in [2.45, 2.75) is 17.4 Å². The van der Waals surface area contributed by atoms with E-state index in [4.69, 9.17) is 4.74 Å². The van der Waals surface area contributed by atoms with Gasteiger partial charge in [-0.15, -0.1) is 0 Å². The van der Waals surface area contributed by atoms with E-state index in [9.17, 15) is 17.6 Å². The van der Waals surface area contributed by atoms with E-state index in [1.807, 2.05) is 0 Å². The highest BCUT2D eigenvalue weighted by atomic mass is 32.2. The van der Waals surface area contributed by atoms with Crippen molar-refractivity contribution in [1.82, 2.24) is 4.31 Å². The van der Waals surface area contributed by atoms with Crippen molar-refractivity contribution < 1.29 is 22.3 Å². The number of nitrogens with one attached hydrogen (secondary N) is 1. The van der Waals surface area contributed by atoms with Crippen LogP contribution in [-0.2, 0) is 14.8 Å². The number of hydrogen-bond donors (Lipinski definition) is 1. The van der Waals surface area contributed by atoms with Crippen molar-refractivity contribution in [2.75, 3.05) is 19.5 Å². The Morgan fingerprint density at radius 3 is 2.19 bits per heavy atom. The number of benzene rings is 3. The zero-order valence-corrected chi connectivity index (χ0v) is 18.0. The third-order valence-corrected chi connectivity index (χ3v) is 6.75. The first-order valence-electron chi connectivity index (χ1n) is 9.53. The minimum absolute atomic E-state index is 0.133. The number of hydrogen-bond acceptors (Lipinski definition) is 4. The second-order valence-electron chi connectivity index (χ2n) is 6.88. The highest BCUT2D eigenvalue weighted by molar-refractivity contribution is 7.89. The van der Waals surface area contributed by atoms with Gasteiger partial charge in [0, 0.05) is 19.2 Å². The summed E-state index contributed by atoms with van der Waals surface area (Å²) in [5, 5.41) is 2.69. The molecule has 0 aliphatic rings. The van der Waals surface area contributed by atoms with E-state index in [2.05, 4.69) is 5.32 Å². The number of ether oxygens (including phenoxy) is 1. The Bertz CT molecular complexity index is 1120. The molecule has 0 saturated heterocycles. The van der Waals surface area contributed by atoms with E-state index in [0.29, 0.717) is 17.0 Å². The zero-order chi connectivity index (χ0) is 22.4. The van der Waals surface area contributed by atoms with Gasteiger partial charge in [0.2, 0.25) is 15.9 Å². The Balaban J connectivity index is 1.90. The number of sulfonamides is 1. The summed E-state index contributed by atoms with van der Waals surface area (Å²) in [7, 11) is -0.870. The van der Waals surface area contributed by atoms with Crippen molar-refractivity contribution >= 4 is 21.6 Å². The van der Waals surface area contributed by atoms with Crippen LogP contribution < -0.4 is 10.1 Å². The molecule has 0 spiro atoms. The average molecular weight is 443 g/mol. The van der Waals surface area contributed by atoms with Gasteiger partial charge in [-0.1, -0.05) is 30.3 Å². The van der Waals surface area contributed by atoms with Crippen LogP contribution in [0.3, 0.4) is 0 Å². The molecule has 0 saturated carbocycles. The predicted octanol–water partition coefficient (Wildman–Crippen LogP) is 4.22. The van der Waals surface area contributed by atoms with Crippen molar-refractivity contribution in [3.8, 4) is 5.75 Å². The Labute approximate surface area is 181 Å². The molecule has 8 heteroatoms. The highest BCUT2D eigenvalue weighted by Gasteiger charge is 2.31. The topological polar surface area (TPSA) is 75.7 Å². The lowest BCUT2D eigenvalue weighted by Gasteiger charge is -2.28. The molecule has 1 N–H and O–H groups in total. The number of halogens is 1. The van der Waals surface area contributed by atoms with Gasteiger partial charge in [0.25, 0.3) is 0 Å². The van der Waals surface area contributed by atoms with E-state index in [1.165, 1.54) is 54.9 Å². The zero-order valence-electron chi connectivity index (χ0n) is 17.2. The normalized spacial score (nSPS) is 12.4. The monoisotopic (exact) mass is 442 g/mol. The Kier molecular flexibility index (Phi) is 7.04. The molecule has 0 radical (unpaired) electrons. The van der Waals surface area contributed by atoms with Crippen LogP contribution in [0.2, 0.25) is 0 Å². The molecule has 0 aromatic heterocycles. The minimum Gasteiger partial charge on any atom is -0.497 e. The molecule has 162 valence electrons. The van der Waals surface area contributed by atoms with Crippen molar-refractivity contribution in [2.24, 2.45) is 0 Å². The summed E-state index contributed by atoms with van der Waals surface area (Å²) < 4.78 is 45.8. The summed E-state index contributed by atoms with van der Waals surface area (Å²) in [6.07, 6.45) is -0.133. The van der Waals surface area contributed by atoms with Gasteiger partial charge in [-0.25, -0.2) is 12.8 Å². The second kappa shape index (κ2) is 9.72. The number of amides is 1. The van der Waals surface area contributed by atoms with Gasteiger partial charge in [0.1, 0.15) is 11.6 Å². The van der Waals surface area contributed by atoms with Gasteiger partial charge >= 0.3 is 0 Å². The molecule has 0 fully saturated rings. The van der Waals surface area contributed by atoms with Crippen molar-refractivity contribution in [3.63, 3.8) is 0 Å². The fraction of sp³-hybridized carbons (Fsp3) is 0.174. The molecular formula is C23H23FN2O4S. The minimum atomic E-state index is -3.85. The van der Waals surface area contributed by atoms with Gasteiger partial charge in [-0.2, -0.15) is 4.31 Å². The molecule has 1 atom stereocenters. The number of anilines is 1. The Morgan fingerprint density at radius 2 is 1.61 bits per heavy atom. The highest BCUT2D eigenvalue weighted by Crippen LogP contribution is 2.30. The van der Waals surface area contributed by atoms with Crippen LogP contribution in [0, 0.1) is 5.82 Å². The number of methoxy groups -OCH3 is 1. The van der Waals surface area contributed by atoms with Gasteiger partial charge in [-0.05, 0) is 54.1 Å². The van der Waals surface area contributed by atoms with Crippen LogP contribution >= 0.6 is 0 Å². The smallest absolute Gasteiger partial charge is 0.243 e. The lowest BCUT2D eigenvalue weighted by Crippen LogP contribution is -2.33. The maximum Gasteiger partial charge on any atom is 0.243 e. The summed E-state index contributed by atoms with van der Waals surface area (Å²) >= 11 is 0. The van der Waals surface area contributed by atoms with Crippen molar-refractivity contribution in [3.05, 3.63) is 90.2 Å². The largest absolute Gasteiger partial charge is 0.497 e. The lowest BCUT2D eigenvalue weighted by atomic mass is 10.0. The first-order chi connectivity index (χ1) is 14.8. The quantitative estimate of drug-likeness (QED) is 0.567. The average Bonchev–Trinajstić information content (AvgIpc) is 2.79. The van der Waals surface area contributed by atoms with E-state index in [1.54, 1.807) is 42.5 Å². The summed E-state index contributed by atoms with van der Waals surface area (Å²) in [6.45, 7) is 0. The first-order valence-corrected chi connectivity index (χ1v) is 11.0. The molecule has 31 heavy (non-hydrogen) atoms. The Morgan fingerprint density at radius 1 is 1.00 bits per heavy atom. The molecule has 0 unspecified atom stereocenters. The number of nitrogens with zero attached hydrogens (tertiary/aromatic N) is 1. The van der Waals surface area contributed by atoms with Crippen LogP contribution in [0.25, 0.3) is 0 Å². The number of rotatable bonds is 8. The van der Waals surface area contributed by atoms with Crippen molar-refractivity contribution in [1.29, 1.82) is 0 Å². The Hall–Kier alpha value is -3.23. The summed E-state index contributed by atoms with van der Waals surface area (Å²) in [5.41, 5.74) is 1.06. The fourth-order valence-corrected chi connectivity index (χ4v) is 4.49. The van der Waals surface area contributed by atoms with E-state index in [0.717, 1.165) is 0 Å². The molecule has 0 aliphatic heterocycles. The van der Waals surface area contributed by atoms with Crippen LogP contribution in [-0.4, -0.2) is 32.8 Å². The second-order valence-corrected chi connectivity index (χ2v) is 8.88. The van der Waals surface area contributed by atoms with Crippen LogP contribution in [0.5, 0.6) is 5.75 Å². The van der Waals surface area contributed by atoms with Crippen LogP contribution in [0.1, 0.15) is 18.0 Å². The van der Waals surface area contributed by atoms with E-state index >= 15 is 0 Å². The lowest BCUT2D eigenvalue weighted by molar-refractivity contribution is -0.117. The summed E-state index contributed by atoms with van der Waals surface area (Å²) in [6, 6.07) is 19.5. The molecule has 3 rings (SSSR count). The summed E-state index contributed by atoms with van der Waals surface area (Å²) in [4.78, 5) is 12.9. The number of carbonyl (C=O) groups is 1. The SMILES string of the molecule is COc1ccc([C@H](CC(=O)Nc2ccc(F)cc2)N(C)S(=O)(=O)c2ccccc2)cc1. The maximum atomic E-state index is 13.2. The standard InChI is InChI=1S/C23H23FN2O4S/c1-26(31(28,29)21-6-4-3-5-7-21)22(17-8-14-20(30-2)15-9-17)16-23(27)25-19-12-10-18(24)11-13-19/h3-15,22H,16H2,1-2H3,(H,25,27)/t22-/m0/s1. The maximum absolute atomic E-state index is 13.2.